The number of phenols is 1. The average Bonchev–Trinajstić information content (AvgIpc) is 2.34. The molecule has 0 saturated heterocycles. The van der Waals surface area contributed by atoms with E-state index in [9.17, 15) is 5.11 Å². The van der Waals surface area contributed by atoms with Gasteiger partial charge in [0.1, 0.15) is 5.75 Å². The van der Waals surface area contributed by atoms with Crippen molar-refractivity contribution in [2.75, 3.05) is 0 Å². The van der Waals surface area contributed by atoms with Crippen molar-refractivity contribution in [3.63, 3.8) is 0 Å². The lowest BCUT2D eigenvalue weighted by Gasteiger charge is -2.08. The Morgan fingerprint density at radius 2 is 1.82 bits per heavy atom. The van der Waals surface area contributed by atoms with Gasteiger partial charge in [0.15, 0.2) is 0 Å². The standard InChI is InChI=1S/C14H13IOS/c1-2-10-9-12(16)5-8-14(10)17-13-6-3-11(15)4-7-13/h3-9,16H,2H2,1H3. The number of halogens is 1. The molecule has 0 aromatic heterocycles. The fraction of sp³-hybridized carbons (Fsp3) is 0.143. The number of phenolic OH excluding ortho intramolecular Hbond substituents is 1. The van der Waals surface area contributed by atoms with Gasteiger partial charge in [-0.2, -0.15) is 0 Å². The summed E-state index contributed by atoms with van der Waals surface area (Å²) in [5, 5.41) is 9.46. The van der Waals surface area contributed by atoms with E-state index in [-0.39, 0.29) is 0 Å². The Morgan fingerprint density at radius 1 is 1.12 bits per heavy atom. The van der Waals surface area contributed by atoms with Crippen LogP contribution < -0.4 is 0 Å². The van der Waals surface area contributed by atoms with Gasteiger partial charge in [-0.25, -0.2) is 0 Å². The average molecular weight is 356 g/mol. The number of aromatic hydroxyl groups is 1. The molecular formula is C14H13IOS. The van der Waals surface area contributed by atoms with Crippen molar-refractivity contribution in [1.29, 1.82) is 0 Å². The first-order valence-electron chi connectivity index (χ1n) is 5.44. The Hall–Kier alpha value is -0.680. The monoisotopic (exact) mass is 356 g/mol. The molecule has 2 rings (SSSR count). The fourth-order valence-corrected chi connectivity index (χ4v) is 2.93. The van der Waals surface area contributed by atoms with Gasteiger partial charge >= 0.3 is 0 Å². The number of benzene rings is 2. The van der Waals surface area contributed by atoms with Crippen LogP contribution in [0.1, 0.15) is 12.5 Å². The van der Waals surface area contributed by atoms with Gasteiger partial charge < -0.3 is 5.11 Å². The highest BCUT2D eigenvalue weighted by Gasteiger charge is 2.04. The second-order valence-corrected chi connectivity index (χ2v) is 6.06. The zero-order valence-corrected chi connectivity index (χ0v) is 12.5. The molecule has 0 aliphatic heterocycles. The van der Waals surface area contributed by atoms with E-state index in [1.54, 1.807) is 17.8 Å². The Kier molecular flexibility index (Phi) is 4.34. The van der Waals surface area contributed by atoms with E-state index in [4.69, 9.17) is 0 Å². The molecule has 0 radical (unpaired) electrons. The maximum atomic E-state index is 9.46. The van der Waals surface area contributed by atoms with Crippen molar-refractivity contribution in [2.24, 2.45) is 0 Å². The molecule has 0 aliphatic rings. The van der Waals surface area contributed by atoms with Crippen molar-refractivity contribution in [3.8, 4) is 5.75 Å². The Bertz CT molecular complexity index is 508. The largest absolute Gasteiger partial charge is 0.508 e. The quantitative estimate of drug-likeness (QED) is 0.804. The molecule has 88 valence electrons. The van der Waals surface area contributed by atoms with Gasteiger partial charge in [-0.15, -0.1) is 0 Å². The van der Waals surface area contributed by atoms with Gasteiger partial charge in [0, 0.05) is 13.4 Å². The van der Waals surface area contributed by atoms with Crippen molar-refractivity contribution in [2.45, 2.75) is 23.1 Å². The van der Waals surface area contributed by atoms with Crippen molar-refractivity contribution in [1.82, 2.24) is 0 Å². The van der Waals surface area contributed by atoms with Crippen LogP contribution in [0, 0.1) is 3.57 Å². The summed E-state index contributed by atoms with van der Waals surface area (Å²) >= 11 is 4.05. The zero-order chi connectivity index (χ0) is 12.3. The van der Waals surface area contributed by atoms with Gasteiger partial charge in [-0.05, 0) is 77.0 Å². The van der Waals surface area contributed by atoms with Gasteiger partial charge in [0.25, 0.3) is 0 Å². The Balaban J connectivity index is 2.26. The molecule has 0 unspecified atom stereocenters. The van der Waals surface area contributed by atoms with Gasteiger partial charge in [0.2, 0.25) is 0 Å². The van der Waals surface area contributed by atoms with Crippen LogP contribution in [0.4, 0.5) is 0 Å². The summed E-state index contributed by atoms with van der Waals surface area (Å²) in [5.41, 5.74) is 1.19. The fourth-order valence-electron chi connectivity index (χ4n) is 1.57. The maximum Gasteiger partial charge on any atom is 0.115 e. The summed E-state index contributed by atoms with van der Waals surface area (Å²) in [5.74, 6) is 0.341. The molecule has 2 aromatic rings. The third-order valence-corrected chi connectivity index (χ3v) is 4.31. The van der Waals surface area contributed by atoms with Crippen LogP contribution in [0.3, 0.4) is 0 Å². The van der Waals surface area contributed by atoms with Crippen LogP contribution in [0.2, 0.25) is 0 Å². The van der Waals surface area contributed by atoms with Crippen molar-refractivity contribution < 1.29 is 5.11 Å². The molecule has 0 saturated carbocycles. The van der Waals surface area contributed by atoms with Crippen LogP contribution >= 0.6 is 34.4 Å². The number of hydrogen-bond acceptors (Lipinski definition) is 2. The lowest BCUT2D eigenvalue weighted by atomic mass is 10.2. The molecule has 1 nitrogen and oxygen atoms in total. The first-order chi connectivity index (χ1) is 8.19. The van der Waals surface area contributed by atoms with E-state index in [1.165, 1.54) is 18.9 Å². The molecule has 0 heterocycles. The van der Waals surface area contributed by atoms with E-state index in [1.807, 2.05) is 12.1 Å². The minimum absolute atomic E-state index is 0.341. The van der Waals surface area contributed by atoms with Gasteiger partial charge in [0.05, 0.1) is 0 Å². The molecule has 2 aromatic carbocycles. The summed E-state index contributed by atoms with van der Waals surface area (Å²) < 4.78 is 1.24. The molecule has 0 fully saturated rings. The van der Waals surface area contributed by atoms with E-state index in [0.717, 1.165) is 6.42 Å². The topological polar surface area (TPSA) is 20.2 Å². The number of rotatable bonds is 3. The molecule has 3 heteroatoms. The maximum absolute atomic E-state index is 9.46. The van der Waals surface area contributed by atoms with Crippen LogP contribution in [0.5, 0.6) is 5.75 Å². The smallest absolute Gasteiger partial charge is 0.115 e. The molecular weight excluding hydrogens is 343 g/mol. The lowest BCUT2D eigenvalue weighted by Crippen LogP contribution is -1.85. The number of hydrogen-bond donors (Lipinski definition) is 1. The van der Waals surface area contributed by atoms with Crippen LogP contribution in [0.25, 0.3) is 0 Å². The first-order valence-corrected chi connectivity index (χ1v) is 7.34. The first kappa shape index (κ1) is 12.8. The molecule has 0 atom stereocenters. The third-order valence-electron chi connectivity index (χ3n) is 2.47. The minimum Gasteiger partial charge on any atom is -0.508 e. The SMILES string of the molecule is CCc1cc(O)ccc1Sc1ccc(I)cc1. The predicted octanol–water partition coefficient (Wildman–Crippen LogP) is 4.71. The van der Waals surface area contributed by atoms with E-state index >= 15 is 0 Å². The highest BCUT2D eigenvalue weighted by molar-refractivity contribution is 14.1. The molecule has 0 amide bonds. The second kappa shape index (κ2) is 5.78. The Morgan fingerprint density at radius 3 is 2.47 bits per heavy atom. The summed E-state index contributed by atoms with van der Waals surface area (Å²) in [7, 11) is 0. The Labute approximate surface area is 119 Å². The lowest BCUT2D eigenvalue weighted by molar-refractivity contribution is 0.474. The summed E-state index contributed by atoms with van der Waals surface area (Å²) in [4.78, 5) is 2.44. The van der Waals surface area contributed by atoms with E-state index < -0.39 is 0 Å². The van der Waals surface area contributed by atoms with Crippen LogP contribution in [-0.4, -0.2) is 5.11 Å². The van der Waals surface area contributed by atoms with Crippen molar-refractivity contribution >= 4 is 34.4 Å². The van der Waals surface area contributed by atoms with Crippen LogP contribution in [0.15, 0.2) is 52.3 Å². The summed E-state index contributed by atoms with van der Waals surface area (Å²) in [6.07, 6.45) is 0.932. The van der Waals surface area contributed by atoms with E-state index in [0.29, 0.717) is 5.75 Å². The minimum atomic E-state index is 0.341. The summed E-state index contributed by atoms with van der Waals surface area (Å²) in [6, 6.07) is 14.0. The van der Waals surface area contributed by atoms with Gasteiger partial charge in [-0.3, -0.25) is 0 Å². The molecule has 17 heavy (non-hydrogen) atoms. The molecule has 0 aliphatic carbocycles. The zero-order valence-electron chi connectivity index (χ0n) is 9.48. The molecule has 0 bridgehead atoms. The van der Waals surface area contributed by atoms with Gasteiger partial charge in [-0.1, -0.05) is 18.7 Å². The third kappa shape index (κ3) is 3.39. The van der Waals surface area contributed by atoms with Crippen LogP contribution in [-0.2, 0) is 6.42 Å². The van der Waals surface area contributed by atoms with Crippen molar-refractivity contribution in [3.05, 3.63) is 51.6 Å². The molecule has 0 spiro atoms. The predicted molar refractivity (Wildman–Crippen MR) is 80.8 cm³/mol. The summed E-state index contributed by atoms with van der Waals surface area (Å²) in [6.45, 7) is 2.10. The normalized spacial score (nSPS) is 10.5. The second-order valence-electron chi connectivity index (χ2n) is 3.70. The number of aryl methyl sites for hydroxylation is 1. The molecule has 1 N–H and O–H groups in total. The highest BCUT2D eigenvalue weighted by atomic mass is 127. The van der Waals surface area contributed by atoms with E-state index in [2.05, 4.69) is 53.8 Å². The highest BCUT2D eigenvalue weighted by Crippen LogP contribution is 2.32.